The summed E-state index contributed by atoms with van der Waals surface area (Å²) < 4.78 is 35.4. The normalized spacial score (nSPS) is 11.7. The van der Waals surface area contributed by atoms with Crippen LogP contribution in [-0.2, 0) is 0 Å². The minimum atomic E-state index is -4.82. The zero-order valence-electron chi connectivity index (χ0n) is 5.48. The van der Waals surface area contributed by atoms with Crippen LogP contribution in [0.25, 0.3) is 0 Å². The molecule has 0 aromatic carbocycles. The fourth-order valence-corrected chi connectivity index (χ4v) is 1.45. The summed E-state index contributed by atoms with van der Waals surface area (Å²) in [5.74, 6) is -1.86. The maximum absolute atomic E-state index is 11.8. The van der Waals surface area contributed by atoms with E-state index in [-0.39, 0.29) is 4.34 Å². The molecule has 1 nitrogen and oxygen atoms in total. The lowest BCUT2D eigenvalue weighted by atomic mass is 10.2. The molecule has 1 heterocycles. The van der Waals surface area contributed by atoms with Crippen LogP contribution in [0.15, 0.2) is 11.4 Å². The summed E-state index contributed by atoms with van der Waals surface area (Å²) >= 11 is 6.25. The third-order valence-electron chi connectivity index (χ3n) is 1.09. The number of thiophene rings is 1. The number of Topliss-reactive ketones (excluding diaryl/α,β-unsaturated/α-hetero) is 1. The van der Waals surface area contributed by atoms with Crippen LogP contribution in [0.4, 0.5) is 13.2 Å². The van der Waals surface area contributed by atoms with Gasteiger partial charge in [-0.05, 0) is 6.07 Å². The summed E-state index contributed by atoms with van der Waals surface area (Å²) in [6, 6.07) is 1.00. The molecule has 0 atom stereocenters. The molecule has 66 valence electrons. The molecule has 0 aliphatic heterocycles. The van der Waals surface area contributed by atoms with Gasteiger partial charge in [-0.1, -0.05) is 11.6 Å². The van der Waals surface area contributed by atoms with Crippen LogP contribution in [0, 0.1) is 0 Å². The van der Waals surface area contributed by atoms with E-state index in [0.717, 1.165) is 22.8 Å². The van der Waals surface area contributed by atoms with Gasteiger partial charge in [-0.3, -0.25) is 4.79 Å². The Bertz CT molecular complexity index is 304. The largest absolute Gasteiger partial charge is 0.454 e. The Labute approximate surface area is 74.8 Å². The number of hydrogen-bond acceptors (Lipinski definition) is 2. The Morgan fingerprint density at radius 2 is 2.08 bits per heavy atom. The van der Waals surface area contributed by atoms with E-state index in [2.05, 4.69) is 0 Å². The Hall–Kier alpha value is -0.550. The quantitative estimate of drug-likeness (QED) is 0.657. The van der Waals surface area contributed by atoms with Crippen LogP contribution >= 0.6 is 22.9 Å². The topological polar surface area (TPSA) is 17.1 Å². The molecule has 0 bridgehead atoms. The lowest BCUT2D eigenvalue weighted by molar-refractivity contribution is -0.0884. The Morgan fingerprint density at radius 3 is 2.42 bits per heavy atom. The Balaban J connectivity index is 2.93. The molecule has 0 saturated heterocycles. The second-order valence-corrected chi connectivity index (χ2v) is 3.51. The molecule has 12 heavy (non-hydrogen) atoms. The van der Waals surface area contributed by atoms with Gasteiger partial charge in [0.05, 0.1) is 4.34 Å². The van der Waals surface area contributed by atoms with Crippen molar-refractivity contribution in [3.05, 3.63) is 21.3 Å². The third kappa shape index (κ3) is 1.98. The molecular formula is C6H2ClF3OS. The molecule has 0 aliphatic carbocycles. The van der Waals surface area contributed by atoms with Crippen molar-refractivity contribution in [2.45, 2.75) is 6.18 Å². The second kappa shape index (κ2) is 3.06. The molecule has 0 amide bonds. The van der Waals surface area contributed by atoms with E-state index in [9.17, 15) is 18.0 Å². The van der Waals surface area contributed by atoms with Crippen molar-refractivity contribution >= 4 is 28.7 Å². The smallest absolute Gasteiger partial charge is 0.284 e. The van der Waals surface area contributed by atoms with Crippen molar-refractivity contribution in [1.29, 1.82) is 0 Å². The van der Waals surface area contributed by atoms with E-state index < -0.39 is 17.5 Å². The van der Waals surface area contributed by atoms with E-state index >= 15 is 0 Å². The third-order valence-corrected chi connectivity index (χ3v) is 2.18. The highest BCUT2D eigenvalue weighted by Crippen LogP contribution is 2.26. The fraction of sp³-hybridized carbons (Fsp3) is 0.167. The zero-order chi connectivity index (χ0) is 9.35. The highest BCUT2D eigenvalue weighted by Gasteiger charge is 2.39. The summed E-state index contributed by atoms with van der Waals surface area (Å²) in [7, 11) is 0. The van der Waals surface area contributed by atoms with Gasteiger partial charge in [0, 0.05) is 10.9 Å². The summed E-state index contributed by atoms with van der Waals surface area (Å²) in [6.07, 6.45) is -4.82. The van der Waals surface area contributed by atoms with Crippen LogP contribution in [-0.4, -0.2) is 12.0 Å². The van der Waals surface area contributed by atoms with Crippen molar-refractivity contribution in [2.75, 3.05) is 0 Å². The van der Waals surface area contributed by atoms with Gasteiger partial charge in [0.15, 0.2) is 0 Å². The molecule has 1 rings (SSSR count). The average Bonchev–Trinajstić information content (AvgIpc) is 2.32. The number of carbonyl (C=O) groups excluding carboxylic acids is 1. The highest BCUT2D eigenvalue weighted by molar-refractivity contribution is 7.14. The summed E-state index contributed by atoms with van der Waals surface area (Å²) in [4.78, 5) is 10.5. The Morgan fingerprint density at radius 1 is 1.50 bits per heavy atom. The lowest BCUT2D eigenvalue weighted by Gasteiger charge is -2.01. The maximum atomic E-state index is 11.8. The van der Waals surface area contributed by atoms with E-state index in [1.165, 1.54) is 0 Å². The van der Waals surface area contributed by atoms with Crippen molar-refractivity contribution in [3.8, 4) is 0 Å². The molecular weight excluding hydrogens is 213 g/mol. The van der Waals surface area contributed by atoms with Gasteiger partial charge >= 0.3 is 6.18 Å². The number of alkyl halides is 3. The predicted octanol–water partition coefficient (Wildman–Crippen LogP) is 3.15. The predicted molar refractivity (Wildman–Crippen MR) is 39.7 cm³/mol. The SMILES string of the molecule is O=C(c1csc(Cl)c1)C(F)(F)F. The number of rotatable bonds is 1. The van der Waals surface area contributed by atoms with Crippen molar-refractivity contribution in [1.82, 2.24) is 0 Å². The second-order valence-electron chi connectivity index (χ2n) is 1.97. The number of ketones is 1. The maximum Gasteiger partial charge on any atom is 0.454 e. The summed E-state index contributed by atoms with van der Waals surface area (Å²) in [6.45, 7) is 0. The number of halogens is 4. The first kappa shape index (κ1) is 9.54. The van der Waals surface area contributed by atoms with E-state index in [1.54, 1.807) is 0 Å². The molecule has 6 heteroatoms. The van der Waals surface area contributed by atoms with Gasteiger partial charge in [0.25, 0.3) is 5.78 Å². The minimum absolute atomic E-state index is 0.169. The fourth-order valence-electron chi connectivity index (χ4n) is 0.593. The first-order chi connectivity index (χ1) is 5.41. The molecule has 0 radical (unpaired) electrons. The lowest BCUT2D eigenvalue weighted by Crippen LogP contribution is -2.21. The van der Waals surface area contributed by atoms with E-state index in [1.807, 2.05) is 0 Å². The van der Waals surface area contributed by atoms with Crippen LogP contribution in [0.2, 0.25) is 4.34 Å². The van der Waals surface area contributed by atoms with Crippen LogP contribution in [0.1, 0.15) is 10.4 Å². The number of carbonyl (C=O) groups is 1. The van der Waals surface area contributed by atoms with Gasteiger partial charge in [-0.15, -0.1) is 11.3 Å². The van der Waals surface area contributed by atoms with Gasteiger partial charge in [-0.2, -0.15) is 13.2 Å². The monoisotopic (exact) mass is 214 g/mol. The molecule has 1 aromatic heterocycles. The van der Waals surface area contributed by atoms with E-state index in [0.29, 0.717) is 0 Å². The van der Waals surface area contributed by atoms with Crippen molar-refractivity contribution < 1.29 is 18.0 Å². The molecule has 0 saturated carbocycles. The number of hydrogen-bond donors (Lipinski definition) is 0. The van der Waals surface area contributed by atoms with Crippen LogP contribution < -0.4 is 0 Å². The average molecular weight is 215 g/mol. The Kier molecular flexibility index (Phi) is 2.44. The van der Waals surface area contributed by atoms with Crippen molar-refractivity contribution in [3.63, 3.8) is 0 Å². The first-order valence-corrected chi connectivity index (χ1v) is 4.02. The first-order valence-electron chi connectivity index (χ1n) is 2.77. The molecule has 0 unspecified atom stereocenters. The molecule has 0 fully saturated rings. The summed E-state index contributed by atoms with van der Waals surface area (Å²) in [5.41, 5.74) is -0.405. The standard InChI is InChI=1S/C6H2ClF3OS/c7-4-1-3(2-12-4)5(11)6(8,9)10/h1-2H. The van der Waals surface area contributed by atoms with Gasteiger partial charge in [0.2, 0.25) is 0 Å². The minimum Gasteiger partial charge on any atom is -0.284 e. The molecule has 0 aliphatic rings. The van der Waals surface area contributed by atoms with Gasteiger partial charge in [0.1, 0.15) is 0 Å². The molecule has 1 aromatic rings. The summed E-state index contributed by atoms with van der Waals surface area (Å²) in [5, 5.41) is 1.08. The highest BCUT2D eigenvalue weighted by atomic mass is 35.5. The van der Waals surface area contributed by atoms with E-state index in [4.69, 9.17) is 11.6 Å². The van der Waals surface area contributed by atoms with Crippen LogP contribution in [0.5, 0.6) is 0 Å². The zero-order valence-corrected chi connectivity index (χ0v) is 7.06. The van der Waals surface area contributed by atoms with Gasteiger partial charge < -0.3 is 0 Å². The van der Waals surface area contributed by atoms with Crippen molar-refractivity contribution in [2.24, 2.45) is 0 Å². The molecule has 0 N–H and O–H groups in total. The van der Waals surface area contributed by atoms with Crippen LogP contribution in [0.3, 0.4) is 0 Å². The van der Waals surface area contributed by atoms with Gasteiger partial charge in [-0.25, -0.2) is 0 Å². The molecule has 0 spiro atoms.